The van der Waals surface area contributed by atoms with Crippen molar-refractivity contribution in [2.75, 3.05) is 13.1 Å². The molecule has 0 amide bonds. The number of aliphatic hydroxyl groups is 1. The summed E-state index contributed by atoms with van der Waals surface area (Å²) in [7, 11) is -3.49. The SMILES string of the molecule is C/C=C(\CC)[C@@H]1CN(S(=O)(=O)c2ccc(C)cc2)CC[C@@H]1O. The van der Waals surface area contributed by atoms with Gasteiger partial charge in [0.05, 0.1) is 11.0 Å². The lowest BCUT2D eigenvalue weighted by atomic mass is 9.87. The minimum Gasteiger partial charge on any atom is -0.392 e. The highest BCUT2D eigenvalue weighted by molar-refractivity contribution is 7.89. The van der Waals surface area contributed by atoms with E-state index in [-0.39, 0.29) is 5.92 Å². The Morgan fingerprint density at radius 2 is 2.00 bits per heavy atom. The Morgan fingerprint density at radius 3 is 2.55 bits per heavy atom. The predicted molar refractivity (Wildman–Crippen MR) is 88.1 cm³/mol. The summed E-state index contributed by atoms with van der Waals surface area (Å²) < 4.78 is 27.1. The van der Waals surface area contributed by atoms with Gasteiger partial charge in [-0.3, -0.25) is 0 Å². The summed E-state index contributed by atoms with van der Waals surface area (Å²) in [5.41, 5.74) is 2.16. The molecule has 1 N–H and O–H groups in total. The van der Waals surface area contributed by atoms with Crippen molar-refractivity contribution >= 4 is 10.0 Å². The van der Waals surface area contributed by atoms with Crippen LogP contribution in [0.25, 0.3) is 0 Å². The number of rotatable bonds is 4. The fourth-order valence-electron chi connectivity index (χ4n) is 3.03. The van der Waals surface area contributed by atoms with E-state index in [0.29, 0.717) is 24.4 Å². The molecule has 0 spiro atoms. The number of nitrogens with zero attached hydrogens (tertiary/aromatic N) is 1. The van der Waals surface area contributed by atoms with Crippen molar-refractivity contribution in [1.82, 2.24) is 4.31 Å². The van der Waals surface area contributed by atoms with Crippen molar-refractivity contribution in [3.05, 3.63) is 41.5 Å². The van der Waals surface area contributed by atoms with Gasteiger partial charge in [0.15, 0.2) is 0 Å². The third kappa shape index (κ3) is 3.42. The van der Waals surface area contributed by atoms with Gasteiger partial charge in [-0.25, -0.2) is 8.42 Å². The molecule has 1 aliphatic heterocycles. The second-order valence-corrected chi connectivity index (χ2v) is 7.79. The molecule has 1 aliphatic rings. The molecule has 2 rings (SSSR count). The van der Waals surface area contributed by atoms with Gasteiger partial charge in [0.25, 0.3) is 0 Å². The van der Waals surface area contributed by atoms with Crippen LogP contribution in [0.1, 0.15) is 32.3 Å². The summed E-state index contributed by atoms with van der Waals surface area (Å²) in [4.78, 5) is 0.326. The molecule has 1 heterocycles. The number of hydrogen-bond acceptors (Lipinski definition) is 3. The lowest BCUT2D eigenvalue weighted by molar-refractivity contribution is 0.0694. The molecule has 1 saturated heterocycles. The molecule has 0 aliphatic carbocycles. The second kappa shape index (κ2) is 6.94. The molecule has 5 heteroatoms. The van der Waals surface area contributed by atoms with Gasteiger partial charge < -0.3 is 5.11 Å². The molecule has 122 valence electrons. The third-order valence-electron chi connectivity index (χ3n) is 4.45. The van der Waals surface area contributed by atoms with Gasteiger partial charge >= 0.3 is 0 Å². The van der Waals surface area contributed by atoms with E-state index in [1.54, 1.807) is 12.1 Å². The van der Waals surface area contributed by atoms with Crippen molar-refractivity contribution in [2.45, 2.75) is 44.6 Å². The first-order valence-corrected chi connectivity index (χ1v) is 9.24. The summed E-state index contributed by atoms with van der Waals surface area (Å²) in [6.07, 6.45) is 2.84. The fourth-order valence-corrected chi connectivity index (χ4v) is 4.51. The van der Waals surface area contributed by atoms with E-state index >= 15 is 0 Å². The monoisotopic (exact) mass is 323 g/mol. The Labute approximate surface area is 133 Å². The van der Waals surface area contributed by atoms with Crippen molar-refractivity contribution in [1.29, 1.82) is 0 Å². The zero-order valence-corrected chi connectivity index (χ0v) is 14.3. The minimum atomic E-state index is -3.49. The topological polar surface area (TPSA) is 57.6 Å². The smallest absolute Gasteiger partial charge is 0.243 e. The lowest BCUT2D eigenvalue weighted by Gasteiger charge is -2.36. The summed E-state index contributed by atoms with van der Waals surface area (Å²) in [5, 5.41) is 10.2. The summed E-state index contributed by atoms with van der Waals surface area (Å²) in [6.45, 7) is 6.64. The highest BCUT2D eigenvalue weighted by atomic mass is 32.2. The lowest BCUT2D eigenvalue weighted by Crippen LogP contribution is -2.46. The Hall–Kier alpha value is -1.17. The zero-order valence-electron chi connectivity index (χ0n) is 13.5. The van der Waals surface area contributed by atoms with Crippen LogP contribution in [-0.4, -0.2) is 37.0 Å². The number of sulfonamides is 1. The first-order chi connectivity index (χ1) is 10.4. The molecule has 1 fully saturated rings. The molecule has 0 aromatic heterocycles. The Bertz CT molecular complexity index is 634. The van der Waals surface area contributed by atoms with E-state index in [4.69, 9.17) is 0 Å². The van der Waals surface area contributed by atoms with Gasteiger partial charge in [-0.05, 0) is 38.8 Å². The van der Waals surface area contributed by atoms with E-state index in [2.05, 4.69) is 0 Å². The zero-order chi connectivity index (χ0) is 16.3. The van der Waals surface area contributed by atoms with Gasteiger partial charge in [0, 0.05) is 19.0 Å². The van der Waals surface area contributed by atoms with E-state index in [1.807, 2.05) is 39.0 Å². The van der Waals surface area contributed by atoms with Crippen LogP contribution in [0.3, 0.4) is 0 Å². The first-order valence-electron chi connectivity index (χ1n) is 7.80. The number of benzene rings is 1. The molecule has 22 heavy (non-hydrogen) atoms. The van der Waals surface area contributed by atoms with Crippen molar-refractivity contribution < 1.29 is 13.5 Å². The van der Waals surface area contributed by atoms with Crippen LogP contribution in [0.5, 0.6) is 0 Å². The number of piperidine rings is 1. The van der Waals surface area contributed by atoms with Gasteiger partial charge in [-0.2, -0.15) is 4.31 Å². The van der Waals surface area contributed by atoms with Crippen LogP contribution in [0.15, 0.2) is 40.8 Å². The molecule has 2 atom stereocenters. The number of aryl methyl sites for hydroxylation is 1. The number of allylic oxidation sites excluding steroid dienone is 1. The van der Waals surface area contributed by atoms with E-state index in [9.17, 15) is 13.5 Å². The maximum absolute atomic E-state index is 12.8. The molecule has 0 saturated carbocycles. The van der Waals surface area contributed by atoms with Crippen LogP contribution in [0, 0.1) is 12.8 Å². The van der Waals surface area contributed by atoms with Gasteiger partial charge in [-0.15, -0.1) is 0 Å². The molecule has 0 unspecified atom stereocenters. The second-order valence-electron chi connectivity index (χ2n) is 5.86. The molecule has 1 aromatic carbocycles. The van der Waals surface area contributed by atoms with Crippen LogP contribution >= 0.6 is 0 Å². The molecular formula is C17H25NO3S. The predicted octanol–water partition coefficient (Wildman–Crippen LogP) is 2.72. The van der Waals surface area contributed by atoms with E-state index < -0.39 is 16.1 Å². The third-order valence-corrected chi connectivity index (χ3v) is 6.33. The fraction of sp³-hybridized carbons (Fsp3) is 0.529. The van der Waals surface area contributed by atoms with Gasteiger partial charge in [0.2, 0.25) is 10.0 Å². The maximum Gasteiger partial charge on any atom is 0.243 e. The molecule has 1 aromatic rings. The average Bonchev–Trinajstić information content (AvgIpc) is 2.50. The summed E-state index contributed by atoms with van der Waals surface area (Å²) >= 11 is 0. The number of hydrogen-bond donors (Lipinski definition) is 1. The van der Waals surface area contributed by atoms with Crippen molar-refractivity contribution in [2.24, 2.45) is 5.92 Å². The molecule has 0 bridgehead atoms. The maximum atomic E-state index is 12.8. The van der Waals surface area contributed by atoms with E-state index in [1.165, 1.54) is 4.31 Å². The van der Waals surface area contributed by atoms with Crippen LogP contribution in [-0.2, 0) is 10.0 Å². The highest BCUT2D eigenvalue weighted by Crippen LogP contribution is 2.29. The first kappa shape index (κ1) is 17.2. The quantitative estimate of drug-likeness (QED) is 0.867. The van der Waals surface area contributed by atoms with Crippen LogP contribution in [0.2, 0.25) is 0 Å². The standard InChI is InChI=1S/C17H25NO3S/c1-4-14(5-2)16-12-18(11-10-17(16)19)22(20,21)15-8-6-13(3)7-9-15/h4,6-9,16-17,19H,5,10-12H2,1-3H3/b14-4+/t16-,17-/m0/s1. The summed E-state index contributed by atoms with van der Waals surface area (Å²) in [5.74, 6) is -0.107. The van der Waals surface area contributed by atoms with Gasteiger partial charge in [0.1, 0.15) is 0 Å². The van der Waals surface area contributed by atoms with Crippen molar-refractivity contribution in [3.63, 3.8) is 0 Å². The average molecular weight is 323 g/mol. The Morgan fingerprint density at radius 1 is 1.36 bits per heavy atom. The van der Waals surface area contributed by atoms with Gasteiger partial charge in [-0.1, -0.05) is 36.3 Å². The molecular weight excluding hydrogens is 298 g/mol. The largest absolute Gasteiger partial charge is 0.392 e. The normalized spacial score (nSPS) is 24.5. The number of aliphatic hydroxyl groups excluding tert-OH is 1. The highest BCUT2D eigenvalue weighted by Gasteiger charge is 2.35. The van der Waals surface area contributed by atoms with Crippen molar-refractivity contribution in [3.8, 4) is 0 Å². The molecule has 4 nitrogen and oxygen atoms in total. The van der Waals surface area contributed by atoms with E-state index in [0.717, 1.165) is 17.6 Å². The Kier molecular flexibility index (Phi) is 5.42. The van der Waals surface area contributed by atoms with Crippen LogP contribution < -0.4 is 0 Å². The minimum absolute atomic E-state index is 0.107. The van der Waals surface area contributed by atoms with Crippen LogP contribution in [0.4, 0.5) is 0 Å². The summed E-state index contributed by atoms with van der Waals surface area (Å²) in [6, 6.07) is 6.93. The molecule has 0 radical (unpaired) electrons. The Balaban J connectivity index is 2.26.